The number of anilines is 4. The molecule has 0 aliphatic heterocycles. The van der Waals surface area contributed by atoms with E-state index >= 15 is 0 Å². The molecule has 2 aromatic carbocycles. The Bertz CT molecular complexity index is 1420. The number of nitrogens with one attached hydrogen (secondary N) is 2. The fraction of sp³-hybridized carbons (Fsp3) is 0.143. The number of nitrogen functional groups attached to an aromatic ring is 1. The van der Waals surface area contributed by atoms with E-state index in [1.54, 1.807) is 47.7 Å². The molecule has 10 heteroatoms. The second-order valence-electron chi connectivity index (χ2n) is 7.22. The minimum atomic E-state index is -3.95. The normalized spacial score (nSPS) is 13.3. The van der Waals surface area contributed by atoms with Crippen molar-refractivity contribution < 1.29 is 8.42 Å². The van der Waals surface area contributed by atoms with Gasteiger partial charge in [0, 0.05) is 10.6 Å². The molecule has 0 atom stereocenters. The van der Waals surface area contributed by atoms with Gasteiger partial charge in [0.05, 0.1) is 21.8 Å². The Morgan fingerprint density at radius 3 is 2.77 bits per heavy atom. The summed E-state index contributed by atoms with van der Waals surface area (Å²) in [4.78, 5) is 11.1. The van der Waals surface area contributed by atoms with Gasteiger partial charge in [0.15, 0.2) is 0 Å². The summed E-state index contributed by atoms with van der Waals surface area (Å²) in [5.41, 5.74) is 8.27. The molecule has 31 heavy (non-hydrogen) atoms. The van der Waals surface area contributed by atoms with Gasteiger partial charge in [0.1, 0.15) is 21.9 Å². The van der Waals surface area contributed by atoms with E-state index in [-0.39, 0.29) is 16.3 Å². The van der Waals surface area contributed by atoms with E-state index in [9.17, 15) is 8.42 Å². The Morgan fingerprint density at radius 1 is 1.10 bits per heavy atom. The van der Waals surface area contributed by atoms with Gasteiger partial charge < -0.3 is 11.1 Å². The van der Waals surface area contributed by atoms with Gasteiger partial charge in [-0.15, -0.1) is 11.3 Å². The molecule has 7 nitrogen and oxygen atoms in total. The first-order valence-corrected chi connectivity index (χ1v) is 12.3. The summed E-state index contributed by atoms with van der Waals surface area (Å²) in [5, 5.41) is 4.57. The number of hydrogen-bond acceptors (Lipinski definition) is 7. The third kappa shape index (κ3) is 3.69. The van der Waals surface area contributed by atoms with Crippen LogP contribution >= 0.6 is 22.9 Å². The highest BCUT2D eigenvalue weighted by Gasteiger charge is 2.23. The van der Waals surface area contributed by atoms with Gasteiger partial charge >= 0.3 is 0 Å². The predicted molar refractivity (Wildman–Crippen MR) is 126 cm³/mol. The molecule has 5 rings (SSSR count). The molecule has 1 aliphatic carbocycles. The lowest BCUT2D eigenvalue weighted by molar-refractivity contribution is 0.601. The number of halogens is 1. The smallest absolute Gasteiger partial charge is 0.264 e. The van der Waals surface area contributed by atoms with Gasteiger partial charge in [-0.25, -0.2) is 18.4 Å². The first kappa shape index (κ1) is 20.0. The van der Waals surface area contributed by atoms with Crippen LogP contribution in [0.25, 0.3) is 10.2 Å². The lowest BCUT2D eigenvalue weighted by Gasteiger charge is -2.14. The van der Waals surface area contributed by atoms with Crippen LogP contribution in [0.4, 0.5) is 22.9 Å². The minimum Gasteiger partial charge on any atom is -0.398 e. The zero-order valence-electron chi connectivity index (χ0n) is 16.2. The first-order valence-electron chi connectivity index (χ1n) is 9.61. The van der Waals surface area contributed by atoms with E-state index in [0.717, 1.165) is 29.5 Å². The number of nitrogens with zero attached hydrogens (tertiary/aromatic N) is 2. The van der Waals surface area contributed by atoms with Crippen molar-refractivity contribution in [1.82, 2.24) is 9.97 Å². The number of sulfonamides is 1. The number of rotatable bonds is 5. The molecular weight excluding hydrogens is 454 g/mol. The highest BCUT2D eigenvalue weighted by molar-refractivity contribution is 7.93. The Morgan fingerprint density at radius 2 is 1.94 bits per heavy atom. The maximum Gasteiger partial charge on any atom is 0.264 e. The van der Waals surface area contributed by atoms with Crippen molar-refractivity contribution in [2.75, 3.05) is 15.8 Å². The van der Waals surface area contributed by atoms with Gasteiger partial charge in [-0.3, -0.25) is 4.72 Å². The van der Waals surface area contributed by atoms with E-state index in [2.05, 4.69) is 20.0 Å². The monoisotopic (exact) mass is 471 g/mol. The molecule has 0 saturated carbocycles. The summed E-state index contributed by atoms with van der Waals surface area (Å²) in [6.45, 7) is 0. The number of nitrogens with two attached hydrogens (primary N) is 1. The van der Waals surface area contributed by atoms with Crippen LogP contribution in [0.3, 0.4) is 0 Å². The molecule has 4 N–H and O–H groups in total. The van der Waals surface area contributed by atoms with Crippen molar-refractivity contribution in [2.24, 2.45) is 0 Å². The molecule has 0 unspecified atom stereocenters. The van der Waals surface area contributed by atoms with Crippen molar-refractivity contribution in [3.63, 3.8) is 0 Å². The van der Waals surface area contributed by atoms with Crippen LogP contribution in [0.15, 0.2) is 53.7 Å². The van der Waals surface area contributed by atoms with E-state index in [1.165, 1.54) is 22.8 Å². The Kier molecular flexibility index (Phi) is 4.96. The summed E-state index contributed by atoms with van der Waals surface area (Å²) in [5.74, 6) is 0.664. The molecule has 1 aliphatic rings. The molecule has 0 fully saturated rings. The maximum atomic E-state index is 13.0. The summed E-state index contributed by atoms with van der Waals surface area (Å²) >= 11 is 7.80. The van der Waals surface area contributed by atoms with Gasteiger partial charge in [-0.2, -0.15) is 0 Å². The average Bonchev–Trinajstić information content (AvgIpc) is 3.32. The third-order valence-corrected chi connectivity index (χ3v) is 8.14. The number of thiophene rings is 1. The Labute approximate surface area is 188 Å². The zero-order valence-corrected chi connectivity index (χ0v) is 18.6. The summed E-state index contributed by atoms with van der Waals surface area (Å²) < 4.78 is 28.5. The number of benzene rings is 2. The van der Waals surface area contributed by atoms with E-state index < -0.39 is 10.0 Å². The largest absolute Gasteiger partial charge is 0.398 e. The molecule has 0 bridgehead atoms. The molecule has 158 valence electrons. The highest BCUT2D eigenvalue weighted by Crippen LogP contribution is 2.40. The molecule has 0 saturated heterocycles. The van der Waals surface area contributed by atoms with Crippen molar-refractivity contribution in [1.29, 1.82) is 0 Å². The van der Waals surface area contributed by atoms with Crippen LogP contribution < -0.4 is 15.8 Å². The molecule has 2 heterocycles. The molecule has 0 radical (unpaired) electrons. The van der Waals surface area contributed by atoms with Crippen LogP contribution in [-0.2, 0) is 22.9 Å². The van der Waals surface area contributed by atoms with Gasteiger partial charge in [0.2, 0.25) is 0 Å². The summed E-state index contributed by atoms with van der Waals surface area (Å²) in [6, 6.07) is 11.4. The number of aryl methyl sites for hydroxylation is 2. The fourth-order valence-corrected chi connectivity index (χ4v) is 6.45. The second-order valence-corrected chi connectivity index (χ2v) is 10.4. The number of aromatic nitrogens is 2. The van der Waals surface area contributed by atoms with Crippen LogP contribution in [0, 0.1) is 0 Å². The first-order chi connectivity index (χ1) is 14.9. The standard InChI is InChI=1S/C21H18ClN5O2S2/c22-14-5-1-2-6-16(14)27-31(28,29)18-10-12(8-9-15(18)23)26-20-19-13-4-3-7-17(13)30-21(19)25-11-24-20/h1-2,5-6,8-11,27H,3-4,7,23H2,(H,24,25,26). The van der Waals surface area contributed by atoms with Gasteiger partial charge in [-0.1, -0.05) is 23.7 Å². The molecular formula is C21H18ClN5O2S2. The second kappa shape index (κ2) is 7.67. The number of hydrogen-bond donors (Lipinski definition) is 3. The predicted octanol–water partition coefficient (Wildman–Crippen LogP) is 4.96. The Hall–Kier alpha value is -2.88. The number of para-hydroxylation sites is 1. The summed E-state index contributed by atoms with van der Waals surface area (Å²) in [7, 11) is -3.95. The zero-order chi connectivity index (χ0) is 21.6. The van der Waals surface area contributed by atoms with Crippen LogP contribution in [0.5, 0.6) is 0 Å². The lowest BCUT2D eigenvalue weighted by atomic mass is 10.2. The SMILES string of the molecule is Nc1ccc(Nc2ncnc3sc4c(c23)CCC4)cc1S(=O)(=O)Nc1ccccc1Cl. The minimum absolute atomic E-state index is 0.0433. The average molecular weight is 472 g/mol. The topological polar surface area (TPSA) is 110 Å². The van der Waals surface area contributed by atoms with E-state index in [4.69, 9.17) is 17.3 Å². The van der Waals surface area contributed by atoms with Crippen LogP contribution in [-0.4, -0.2) is 18.4 Å². The quantitative estimate of drug-likeness (QED) is 0.355. The van der Waals surface area contributed by atoms with Gasteiger partial charge in [0.25, 0.3) is 10.0 Å². The lowest BCUT2D eigenvalue weighted by Crippen LogP contribution is -2.15. The Balaban J connectivity index is 1.51. The van der Waals surface area contributed by atoms with Crippen LogP contribution in [0.2, 0.25) is 5.02 Å². The van der Waals surface area contributed by atoms with Crippen LogP contribution in [0.1, 0.15) is 16.9 Å². The number of fused-ring (bicyclic) bond motifs is 3. The fourth-order valence-electron chi connectivity index (χ4n) is 3.75. The van der Waals surface area contributed by atoms with Gasteiger partial charge in [-0.05, 0) is 55.2 Å². The molecule has 0 spiro atoms. The van der Waals surface area contributed by atoms with Crippen molar-refractivity contribution in [3.05, 3.63) is 64.3 Å². The highest BCUT2D eigenvalue weighted by atomic mass is 35.5. The maximum absolute atomic E-state index is 13.0. The van der Waals surface area contributed by atoms with E-state index in [1.807, 2.05) is 0 Å². The summed E-state index contributed by atoms with van der Waals surface area (Å²) in [6.07, 6.45) is 4.71. The van der Waals surface area contributed by atoms with E-state index in [0.29, 0.717) is 16.5 Å². The molecule has 2 aromatic heterocycles. The molecule has 0 amide bonds. The van der Waals surface area contributed by atoms with Crippen molar-refractivity contribution >= 4 is 66.1 Å². The van der Waals surface area contributed by atoms with Crippen molar-refractivity contribution in [2.45, 2.75) is 24.2 Å². The molecule has 4 aromatic rings. The third-order valence-electron chi connectivity index (χ3n) is 5.19. The van der Waals surface area contributed by atoms with Crippen molar-refractivity contribution in [3.8, 4) is 0 Å².